The van der Waals surface area contributed by atoms with Crippen molar-refractivity contribution in [3.8, 4) is 33.4 Å². The molecule has 2 heteroatoms. The average Bonchev–Trinajstić information content (AvgIpc) is 3.67. The van der Waals surface area contributed by atoms with Crippen molar-refractivity contribution in [1.82, 2.24) is 0 Å². The third kappa shape index (κ3) is 6.73. The smallest absolute Gasteiger partial charge is 0.0804 e. The van der Waals surface area contributed by atoms with Crippen LogP contribution in [-0.4, -0.2) is 5.71 Å². The van der Waals surface area contributed by atoms with Crippen LogP contribution in [-0.2, 0) is 5.41 Å². The highest BCUT2D eigenvalue weighted by Gasteiger charge is 2.54. The van der Waals surface area contributed by atoms with Crippen LogP contribution < -0.4 is 5.73 Å². The highest BCUT2D eigenvalue weighted by Crippen LogP contribution is 2.65. The minimum atomic E-state index is -0.458. The number of nitrogen functional groups attached to an aromatic ring is 1. The van der Waals surface area contributed by atoms with Crippen LogP contribution in [0.1, 0.15) is 62.8 Å². The first-order valence-electron chi connectivity index (χ1n) is 22.6. The number of fused-ring (bicyclic) bond motifs is 12. The standard InChI is InChI=1S/C58H40N2.2C2H6/c1-2-43(59)29-32-44(37-14-5-3-6-15-37)51-36-39(28-33-56(51)60)38-26-30-45-40(34-38)24-25-41-35-42(27-31-46(41)45)47-19-13-23-55-57(47)50-18-10-12-22-54(50)58(55)52-20-8-4-7-16-48(52)49-17-9-11-21-53(49)58;2*1-2/h2-3,5-10,12-20,22-28,30-36,59H,1,4,29,60H2;2*1-2H3/b44-32-,59-43?;;. The van der Waals surface area contributed by atoms with Gasteiger partial charge in [0, 0.05) is 29.0 Å². The maximum absolute atomic E-state index is 8.22. The summed E-state index contributed by atoms with van der Waals surface area (Å²) in [6.45, 7) is 11.8. The van der Waals surface area contributed by atoms with Gasteiger partial charge in [0.2, 0.25) is 0 Å². The van der Waals surface area contributed by atoms with Crippen molar-refractivity contribution in [2.75, 3.05) is 5.73 Å². The SMILES string of the molecule is C=CC(=N)C/C=C(/c1ccccc1)c1cc(-c2ccc3c(ccc4cc(-c5cccc6c5-c5ccccc5C65C6=C=C=CC=C6C6=C5C=CCC=C6)ccc43)c2)ccc1N.CC.CC. The Morgan fingerprint density at radius 3 is 2.14 bits per heavy atom. The van der Waals surface area contributed by atoms with Crippen molar-refractivity contribution >= 4 is 38.5 Å². The minimum Gasteiger partial charge on any atom is -0.398 e. The molecule has 310 valence electrons. The zero-order valence-electron chi connectivity index (χ0n) is 37.1. The van der Waals surface area contributed by atoms with Crippen molar-refractivity contribution in [3.05, 3.63) is 251 Å². The molecule has 7 aromatic rings. The van der Waals surface area contributed by atoms with Gasteiger partial charge in [0.05, 0.1) is 5.41 Å². The number of nitrogens with one attached hydrogen (secondary N) is 1. The lowest BCUT2D eigenvalue weighted by Gasteiger charge is -2.31. The number of nitrogens with two attached hydrogens (primary N) is 1. The summed E-state index contributed by atoms with van der Waals surface area (Å²) in [5, 5.41) is 13.1. The maximum atomic E-state index is 8.22. The number of anilines is 1. The lowest BCUT2D eigenvalue weighted by molar-refractivity contribution is 0.784. The molecule has 0 aliphatic heterocycles. The largest absolute Gasteiger partial charge is 0.398 e. The Kier molecular flexibility index (Phi) is 11.4. The molecule has 0 saturated carbocycles. The van der Waals surface area contributed by atoms with E-state index >= 15 is 0 Å². The first-order chi connectivity index (χ1) is 31.5. The van der Waals surface area contributed by atoms with Gasteiger partial charge in [0.1, 0.15) is 0 Å². The average molecular weight is 825 g/mol. The predicted octanol–water partition coefficient (Wildman–Crippen LogP) is 16.3. The van der Waals surface area contributed by atoms with Crippen LogP contribution >= 0.6 is 0 Å². The molecule has 0 saturated heterocycles. The van der Waals surface area contributed by atoms with Crippen molar-refractivity contribution in [2.45, 2.75) is 46.0 Å². The summed E-state index contributed by atoms with van der Waals surface area (Å²) in [4.78, 5) is 0. The highest BCUT2D eigenvalue weighted by molar-refractivity contribution is 6.10. The Hall–Kier alpha value is -7.73. The topological polar surface area (TPSA) is 49.9 Å². The van der Waals surface area contributed by atoms with Crippen LogP contribution in [0.15, 0.2) is 228 Å². The quantitative estimate of drug-likeness (QED) is 0.0715. The lowest BCUT2D eigenvalue weighted by atomic mass is 9.69. The predicted molar refractivity (Wildman–Crippen MR) is 275 cm³/mol. The second-order valence-electron chi connectivity index (χ2n) is 15.9. The number of allylic oxidation sites excluding steroid dienone is 12. The van der Waals surface area contributed by atoms with Crippen molar-refractivity contribution in [3.63, 3.8) is 0 Å². The zero-order valence-corrected chi connectivity index (χ0v) is 37.1. The van der Waals surface area contributed by atoms with Gasteiger partial charge in [-0.25, -0.2) is 0 Å². The van der Waals surface area contributed by atoms with E-state index in [1.165, 1.54) is 77.2 Å². The van der Waals surface area contributed by atoms with E-state index in [-0.39, 0.29) is 0 Å². The van der Waals surface area contributed by atoms with Crippen LogP contribution in [0.4, 0.5) is 5.69 Å². The fourth-order valence-corrected chi connectivity index (χ4v) is 10.0. The minimum absolute atomic E-state index is 0.458. The van der Waals surface area contributed by atoms with Crippen molar-refractivity contribution in [2.24, 2.45) is 0 Å². The fraction of sp³-hybridized carbons (Fsp3) is 0.113. The summed E-state index contributed by atoms with van der Waals surface area (Å²) in [6.07, 6.45) is 18.5. The first kappa shape index (κ1) is 41.6. The van der Waals surface area contributed by atoms with Gasteiger partial charge >= 0.3 is 0 Å². The van der Waals surface area contributed by atoms with Gasteiger partial charge in [-0.15, -0.1) is 0 Å². The molecular weight excluding hydrogens is 773 g/mol. The molecule has 1 unspecified atom stereocenters. The van der Waals surface area contributed by atoms with Gasteiger partial charge in [0.25, 0.3) is 0 Å². The van der Waals surface area contributed by atoms with Crippen LogP contribution in [0.2, 0.25) is 0 Å². The molecule has 0 heterocycles. The van der Waals surface area contributed by atoms with E-state index in [1.807, 2.05) is 58.0 Å². The summed E-state index contributed by atoms with van der Waals surface area (Å²) in [5.74, 6) is 0. The molecule has 0 amide bonds. The van der Waals surface area contributed by atoms with Crippen LogP contribution in [0.3, 0.4) is 0 Å². The molecule has 1 spiro atoms. The monoisotopic (exact) mass is 824 g/mol. The van der Waals surface area contributed by atoms with E-state index in [1.54, 1.807) is 6.08 Å². The molecule has 0 aromatic heterocycles. The van der Waals surface area contributed by atoms with Crippen molar-refractivity contribution < 1.29 is 0 Å². The molecule has 4 aliphatic carbocycles. The van der Waals surface area contributed by atoms with Crippen LogP contribution in [0, 0.1) is 5.41 Å². The molecule has 3 N–H and O–H groups in total. The van der Waals surface area contributed by atoms with Gasteiger partial charge in [0.15, 0.2) is 0 Å². The summed E-state index contributed by atoms with van der Waals surface area (Å²) >= 11 is 0. The van der Waals surface area contributed by atoms with E-state index in [0.29, 0.717) is 17.8 Å². The molecule has 0 bridgehead atoms. The molecule has 7 aromatic carbocycles. The Balaban J connectivity index is 0.00000126. The molecule has 0 radical (unpaired) electrons. The Morgan fingerprint density at radius 1 is 0.703 bits per heavy atom. The van der Waals surface area contributed by atoms with Crippen molar-refractivity contribution in [1.29, 1.82) is 5.41 Å². The normalized spacial score (nSPS) is 16.2. The van der Waals surface area contributed by atoms with E-state index < -0.39 is 5.41 Å². The Morgan fingerprint density at radius 2 is 1.36 bits per heavy atom. The molecule has 11 rings (SSSR count). The summed E-state index contributed by atoms with van der Waals surface area (Å²) in [7, 11) is 0. The Bertz CT molecular complexity index is 3310. The third-order valence-corrected chi connectivity index (χ3v) is 12.8. The fourth-order valence-electron chi connectivity index (χ4n) is 10.0. The van der Waals surface area contributed by atoms with E-state index in [0.717, 1.165) is 34.2 Å². The van der Waals surface area contributed by atoms with Gasteiger partial charge in [-0.1, -0.05) is 191 Å². The Labute approximate surface area is 378 Å². The number of rotatable bonds is 7. The second-order valence-corrected chi connectivity index (χ2v) is 15.9. The summed E-state index contributed by atoms with van der Waals surface area (Å²) in [5.41, 5.74) is 32.2. The van der Waals surface area contributed by atoms with Gasteiger partial charge in [-0.3, -0.25) is 0 Å². The number of hydrogen-bond acceptors (Lipinski definition) is 2. The molecule has 2 nitrogen and oxygen atoms in total. The van der Waals surface area contributed by atoms with Gasteiger partial charge < -0.3 is 11.1 Å². The van der Waals surface area contributed by atoms with E-state index in [2.05, 4.69) is 170 Å². The van der Waals surface area contributed by atoms with Gasteiger partial charge in [-0.2, -0.15) is 0 Å². The lowest BCUT2D eigenvalue weighted by Crippen LogP contribution is -2.26. The third-order valence-electron chi connectivity index (χ3n) is 12.8. The maximum Gasteiger partial charge on any atom is 0.0804 e. The van der Waals surface area contributed by atoms with Crippen LogP contribution in [0.5, 0.6) is 0 Å². The second kappa shape index (κ2) is 17.6. The zero-order chi connectivity index (χ0) is 44.4. The molecular formula is C62H52N2. The molecule has 4 aliphatic rings. The molecule has 0 fully saturated rings. The number of benzene rings is 7. The van der Waals surface area contributed by atoms with E-state index in [4.69, 9.17) is 11.1 Å². The van der Waals surface area contributed by atoms with Crippen LogP contribution in [0.25, 0.3) is 60.5 Å². The van der Waals surface area contributed by atoms with E-state index in [9.17, 15) is 0 Å². The molecule has 64 heavy (non-hydrogen) atoms. The highest BCUT2D eigenvalue weighted by atomic mass is 14.6. The molecule has 1 atom stereocenters. The van der Waals surface area contributed by atoms with Gasteiger partial charge in [-0.05, 0) is 143 Å². The first-order valence-corrected chi connectivity index (χ1v) is 22.6. The summed E-state index contributed by atoms with van der Waals surface area (Å²) < 4.78 is 0. The summed E-state index contributed by atoms with van der Waals surface area (Å²) in [6, 6.07) is 50.6. The number of hydrogen-bond donors (Lipinski definition) is 2.